The maximum atomic E-state index is 13.0. The first-order valence-corrected chi connectivity index (χ1v) is 10.6. The quantitative estimate of drug-likeness (QED) is 0.189. The highest BCUT2D eigenvalue weighted by atomic mass is 32.1. The average molecular weight is 491 g/mol. The number of rotatable bonds is 7. The van der Waals surface area contributed by atoms with Crippen LogP contribution in [0.2, 0.25) is 0 Å². The topological polar surface area (TPSA) is 140 Å². The van der Waals surface area contributed by atoms with Crippen LogP contribution in [-0.4, -0.2) is 22.9 Å². The number of thiophene rings is 1. The number of aromatic carboxylic acids is 1. The molecule has 0 saturated carbocycles. The molecule has 178 valence electrons. The van der Waals surface area contributed by atoms with E-state index in [1.165, 1.54) is 41.8 Å². The molecule has 8 nitrogen and oxygen atoms in total. The number of nitrogens with one attached hydrogen (secondary N) is 4. The SMILES string of the molecule is CC(Nc1csc(C(=O)O)c1NC(=O)Nc1ccc(C(=N)N)cc1)c1cccc(C(F)(F)F)c1. The summed E-state index contributed by atoms with van der Waals surface area (Å²) in [6.45, 7) is 1.62. The Morgan fingerprint density at radius 2 is 1.79 bits per heavy atom. The zero-order chi connectivity index (χ0) is 25.0. The van der Waals surface area contributed by atoms with Gasteiger partial charge in [-0.05, 0) is 48.9 Å². The molecular formula is C22H20F3N5O3S. The van der Waals surface area contributed by atoms with E-state index < -0.39 is 29.8 Å². The van der Waals surface area contributed by atoms with Crippen LogP contribution in [0.3, 0.4) is 0 Å². The number of hydrogen-bond acceptors (Lipinski definition) is 5. The number of carbonyl (C=O) groups is 2. The lowest BCUT2D eigenvalue weighted by molar-refractivity contribution is -0.137. The summed E-state index contributed by atoms with van der Waals surface area (Å²) in [5, 5.41) is 26.3. The molecule has 2 aromatic carbocycles. The monoisotopic (exact) mass is 491 g/mol. The number of carboxylic acid groups (broad SMARTS) is 1. The highest BCUT2D eigenvalue weighted by Crippen LogP contribution is 2.36. The summed E-state index contributed by atoms with van der Waals surface area (Å²) in [7, 11) is 0. The van der Waals surface area contributed by atoms with Crippen molar-refractivity contribution >= 4 is 46.2 Å². The van der Waals surface area contributed by atoms with Gasteiger partial charge in [0.2, 0.25) is 0 Å². The fourth-order valence-corrected chi connectivity index (χ4v) is 3.86. The van der Waals surface area contributed by atoms with Crippen molar-refractivity contribution in [1.29, 1.82) is 5.41 Å². The Labute approximate surface area is 196 Å². The number of hydrogen-bond donors (Lipinski definition) is 6. The lowest BCUT2D eigenvalue weighted by Gasteiger charge is -2.18. The summed E-state index contributed by atoms with van der Waals surface area (Å²) in [4.78, 5) is 24.0. The van der Waals surface area contributed by atoms with E-state index in [0.29, 0.717) is 16.8 Å². The minimum atomic E-state index is -4.50. The van der Waals surface area contributed by atoms with Crippen molar-refractivity contribution in [2.75, 3.05) is 16.0 Å². The van der Waals surface area contributed by atoms with E-state index in [0.717, 1.165) is 23.5 Å². The standard InChI is InChI=1S/C22H20F3N5O3S/c1-11(13-3-2-4-14(9-13)22(23,24)25)28-16-10-34-18(20(31)32)17(16)30-21(33)29-15-7-5-12(6-8-15)19(26)27/h2-11,28H,1H3,(H3,26,27)(H,31,32)(H2,29,30,33). The van der Waals surface area contributed by atoms with Crippen molar-refractivity contribution in [3.05, 3.63) is 75.5 Å². The summed E-state index contributed by atoms with van der Waals surface area (Å²) in [6.07, 6.45) is -4.50. The molecule has 3 rings (SSSR count). The van der Waals surface area contributed by atoms with Crippen LogP contribution in [0.5, 0.6) is 0 Å². The van der Waals surface area contributed by atoms with Gasteiger partial charge in [0.25, 0.3) is 0 Å². The highest BCUT2D eigenvalue weighted by molar-refractivity contribution is 7.13. The number of benzene rings is 2. The molecule has 0 saturated heterocycles. The van der Waals surface area contributed by atoms with Gasteiger partial charge in [0.05, 0.1) is 16.9 Å². The average Bonchev–Trinajstić information content (AvgIpc) is 3.15. The van der Waals surface area contributed by atoms with Crippen molar-refractivity contribution in [3.63, 3.8) is 0 Å². The minimum Gasteiger partial charge on any atom is -0.477 e. The van der Waals surface area contributed by atoms with E-state index in [-0.39, 0.29) is 22.1 Å². The molecule has 1 aromatic heterocycles. The first kappa shape index (κ1) is 24.6. The number of urea groups is 1. The lowest BCUT2D eigenvalue weighted by Crippen LogP contribution is -2.21. The van der Waals surface area contributed by atoms with Gasteiger partial charge in [-0.15, -0.1) is 11.3 Å². The van der Waals surface area contributed by atoms with Gasteiger partial charge in [-0.25, -0.2) is 9.59 Å². The molecule has 0 bridgehead atoms. The predicted octanol–water partition coefficient (Wildman–Crippen LogP) is 5.57. The fraction of sp³-hybridized carbons (Fsp3) is 0.136. The molecule has 1 atom stereocenters. The third-order valence-electron chi connectivity index (χ3n) is 4.76. The van der Waals surface area contributed by atoms with Crippen molar-refractivity contribution < 1.29 is 27.9 Å². The molecule has 12 heteroatoms. The van der Waals surface area contributed by atoms with E-state index in [1.54, 1.807) is 6.92 Å². The summed E-state index contributed by atoms with van der Waals surface area (Å²) in [6, 6.07) is 9.54. The second kappa shape index (κ2) is 9.83. The summed E-state index contributed by atoms with van der Waals surface area (Å²) < 4.78 is 39.1. The van der Waals surface area contributed by atoms with Gasteiger partial charge < -0.3 is 26.8 Å². The van der Waals surface area contributed by atoms with E-state index in [4.69, 9.17) is 11.1 Å². The van der Waals surface area contributed by atoms with Crippen LogP contribution in [-0.2, 0) is 6.18 Å². The largest absolute Gasteiger partial charge is 0.477 e. The Bertz CT molecular complexity index is 1230. The Morgan fingerprint density at radius 3 is 2.38 bits per heavy atom. The van der Waals surface area contributed by atoms with E-state index in [1.807, 2.05) is 0 Å². The van der Waals surface area contributed by atoms with Crippen LogP contribution < -0.4 is 21.7 Å². The van der Waals surface area contributed by atoms with Gasteiger partial charge in [0.1, 0.15) is 10.7 Å². The molecule has 7 N–H and O–H groups in total. The van der Waals surface area contributed by atoms with Gasteiger partial charge >= 0.3 is 18.2 Å². The normalized spacial score (nSPS) is 12.0. The molecule has 1 unspecified atom stereocenters. The lowest BCUT2D eigenvalue weighted by atomic mass is 10.0. The molecule has 3 aromatic rings. The fourth-order valence-electron chi connectivity index (χ4n) is 3.06. The Kier molecular flexibility index (Phi) is 7.11. The molecular weight excluding hydrogens is 471 g/mol. The maximum absolute atomic E-state index is 13.0. The molecule has 0 aliphatic rings. The first-order valence-electron chi connectivity index (χ1n) is 9.76. The van der Waals surface area contributed by atoms with E-state index in [9.17, 15) is 27.9 Å². The number of amidine groups is 1. The van der Waals surface area contributed by atoms with Crippen LogP contribution in [0.4, 0.5) is 35.0 Å². The van der Waals surface area contributed by atoms with Crippen LogP contribution in [0.15, 0.2) is 53.9 Å². The summed E-state index contributed by atoms with van der Waals surface area (Å²) in [5.41, 5.74) is 5.99. The molecule has 0 fully saturated rings. The molecule has 0 radical (unpaired) electrons. The number of alkyl halides is 3. The van der Waals surface area contributed by atoms with E-state index in [2.05, 4.69) is 16.0 Å². The number of carboxylic acids is 1. The maximum Gasteiger partial charge on any atom is 0.416 e. The Hall–Kier alpha value is -4.06. The summed E-state index contributed by atoms with van der Waals surface area (Å²) in [5.74, 6) is -1.41. The smallest absolute Gasteiger partial charge is 0.416 e. The van der Waals surface area contributed by atoms with Gasteiger partial charge in [-0.1, -0.05) is 12.1 Å². The van der Waals surface area contributed by atoms with Crippen LogP contribution >= 0.6 is 11.3 Å². The third kappa shape index (κ3) is 5.84. The number of nitrogens with two attached hydrogens (primary N) is 1. The number of nitrogen functional groups attached to an aromatic ring is 1. The van der Waals surface area contributed by atoms with E-state index >= 15 is 0 Å². The zero-order valence-electron chi connectivity index (χ0n) is 17.7. The van der Waals surface area contributed by atoms with Crippen LogP contribution in [0, 0.1) is 5.41 Å². The molecule has 0 aliphatic carbocycles. The van der Waals surface area contributed by atoms with Crippen LogP contribution in [0.25, 0.3) is 0 Å². The number of halogens is 3. The summed E-state index contributed by atoms with van der Waals surface area (Å²) >= 11 is 0.860. The predicted molar refractivity (Wildman–Crippen MR) is 125 cm³/mol. The van der Waals surface area contributed by atoms with Gasteiger partial charge in [0.15, 0.2) is 0 Å². The molecule has 1 heterocycles. The number of anilines is 3. The number of amides is 2. The zero-order valence-corrected chi connectivity index (χ0v) is 18.5. The van der Waals surface area contributed by atoms with Crippen LogP contribution in [0.1, 0.15) is 39.3 Å². The minimum absolute atomic E-state index is 0.0193. The van der Waals surface area contributed by atoms with Gasteiger partial charge in [0, 0.05) is 22.7 Å². The third-order valence-corrected chi connectivity index (χ3v) is 5.73. The van der Waals surface area contributed by atoms with Crippen molar-refractivity contribution in [2.24, 2.45) is 5.73 Å². The molecule has 0 aliphatic heterocycles. The van der Waals surface area contributed by atoms with Gasteiger partial charge in [-0.3, -0.25) is 5.41 Å². The highest BCUT2D eigenvalue weighted by Gasteiger charge is 2.31. The Balaban J connectivity index is 1.79. The number of carbonyl (C=O) groups excluding carboxylic acids is 1. The first-order chi connectivity index (χ1) is 16.0. The van der Waals surface area contributed by atoms with Gasteiger partial charge in [-0.2, -0.15) is 13.2 Å². The van der Waals surface area contributed by atoms with Crippen molar-refractivity contribution in [3.8, 4) is 0 Å². The second-order valence-corrected chi connectivity index (χ2v) is 8.10. The second-order valence-electron chi connectivity index (χ2n) is 7.22. The van der Waals surface area contributed by atoms with Crippen molar-refractivity contribution in [2.45, 2.75) is 19.1 Å². The Morgan fingerprint density at radius 1 is 1.12 bits per heavy atom. The van der Waals surface area contributed by atoms with Crippen molar-refractivity contribution in [1.82, 2.24) is 0 Å². The molecule has 0 spiro atoms. The molecule has 34 heavy (non-hydrogen) atoms. The molecule has 2 amide bonds.